The summed E-state index contributed by atoms with van der Waals surface area (Å²) in [6.07, 6.45) is 7.21. The molecule has 2 N–H and O–H groups in total. The summed E-state index contributed by atoms with van der Waals surface area (Å²) in [6.45, 7) is 2.95. The molecule has 1 atom stereocenters. The van der Waals surface area contributed by atoms with E-state index in [4.69, 9.17) is 15.2 Å². The quantitative estimate of drug-likeness (QED) is 0.843. The number of rotatable bonds is 3. The molecule has 4 aliphatic rings. The number of hydrogen-bond donors (Lipinski definition) is 1. The Morgan fingerprint density at radius 3 is 2.59 bits per heavy atom. The molecule has 1 aliphatic carbocycles. The molecule has 3 heterocycles. The number of nitrogens with zero attached hydrogens (tertiary/aromatic N) is 2. The average Bonchev–Trinajstić information content (AvgIpc) is 3.33. The first kappa shape index (κ1) is 19.0. The van der Waals surface area contributed by atoms with E-state index in [1.165, 1.54) is 0 Å². The molecule has 2 amide bonds. The molecule has 156 valence electrons. The first-order valence-electron chi connectivity index (χ1n) is 10.8. The second-order valence-corrected chi connectivity index (χ2v) is 8.69. The van der Waals surface area contributed by atoms with E-state index in [-0.39, 0.29) is 17.9 Å². The van der Waals surface area contributed by atoms with Crippen LogP contribution in [0.15, 0.2) is 18.2 Å². The van der Waals surface area contributed by atoms with Crippen molar-refractivity contribution in [2.24, 2.45) is 5.73 Å². The molecule has 29 heavy (non-hydrogen) atoms. The van der Waals surface area contributed by atoms with Crippen molar-refractivity contribution in [1.82, 2.24) is 9.80 Å². The number of fused-ring (bicyclic) bond motifs is 1. The zero-order valence-corrected chi connectivity index (χ0v) is 16.8. The van der Waals surface area contributed by atoms with Crippen molar-refractivity contribution in [3.8, 4) is 0 Å². The monoisotopic (exact) mass is 399 g/mol. The Bertz CT molecular complexity index is 810. The van der Waals surface area contributed by atoms with Gasteiger partial charge in [-0.1, -0.05) is 12.1 Å². The summed E-state index contributed by atoms with van der Waals surface area (Å²) < 4.78 is 11.8. The highest BCUT2D eigenvalue weighted by Gasteiger charge is 2.45. The van der Waals surface area contributed by atoms with E-state index < -0.39 is 5.91 Å². The number of ether oxygens (including phenoxy) is 2. The second kappa shape index (κ2) is 7.38. The van der Waals surface area contributed by atoms with Crippen molar-refractivity contribution in [1.29, 1.82) is 0 Å². The van der Waals surface area contributed by atoms with Crippen LogP contribution in [-0.2, 0) is 16.0 Å². The number of carbonyl (C=O) groups is 2. The predicted molar refractivity (Wildman–Crippen MR) is 106 cm³/mol. The fourth-order valence-electron chi connectivity index (χ4n) is 5.69. The first-order valence-corrected chi connectivity index (χ1v) is 10.8. The molecule has 7 heteroatoms. The van der Waals surface area contributed by atoms with Crippen molar-refractivity contribution in [3.05, 3.63) is 34.9 Å². The normalized spacial score (nSPS) is 27.5. The molecule has 2 saturated heterocycles. The lowest BCUT2D eigenvalue weighted by Gasteiger charge is -2.48. The van der Waals surface area contributed by atoms with Gasteiger partial charge in [0.1, 0.15) is 0 Å². The van der Waals surface area contributed by atoms with Crippen molar-refractivity contribution in [2.75, 3.05) is 19.8 Å². The number of amides is 2. The zero-order valence-electron chi connectivity index (χ0n) is 16.8. The fourth-order valence-corrected chi connectivity index (χ4v) is 5.69. The molecule has 1 spiro atoms. The van der Waals surface area contributed by atoms with Gasteiger partial charge in [-0.15, -0.1) is 0 Å². The molecule has 3 fully saturated rings. The molecule has 0 bridgehead atoms. The van der Waals surface area contributed by atoms with Gasteiger partial charge in [0, 0.05) is 32.0 Å². The van der Waals surface area contributed by atoms with Crippen molar-refractivity contribution >= 4 is 11.8 Å². The SMILES string of the molecule is NC(=O)c1cccc2c1C(=O)N(C1CCCCN1C1CCC3(CC1)OCCO3)C2. The van der Waals surface area contributed by atoms with Crippen LogP contribution in [0.4, 0.5) is 0 Å². The number of benzene rings is 1. The molecule has 1 saturated carbocycles. The van der Waals surface area contributed by atoms with E-state index in [0.717, 1.165) is 57.1 Å². The highest BCUT2D eigenvalue weighted by Crippen LogP contribution is 2.40. The first-order chi connectivity index (χ1) is 14.1. The highest BCUT2D eigenvalue weighted by molar-refractivity contribution is 6.09. The molecule has 1 unspecified atom stereocenters. The van der Waals surface area contributed by atoms with Crippen LogP contribution in [0.2, 0.25) is 0 Å². The number of piperidine rings is 1. The van der Waals surface area contributed by atoms with E-state index in [1.54, 1.807) is 6.07 Å². The minimum Gasteiger partial charge on any atom is -0.366 e. The van der Waals surface area contributed by atoms with Crippen LogP contribution in [0.5, 0.6) is 0 Å². The summed E-state index contributed by atoms with van der Waals surface area (Å²) in [5.41, 5.74) is 7.28. The summed E-state index contributed by atoms with van der Waals surface area (Å²) in [6, 6.07) is 5.84. The molecule has 0 radical (unpaired) electrons. The third-order valence-electron chi connectivity index (χ3n) is 7.10. The lowest BCUT2D eigenvalue weighted by molar-refractivity contribution is -0.187. The molecule has 1 aromatic carbocycles. The van der Waals surface area contributed by atoms with Gasteiger partial charge in [0.15, 0.2) is 5.79 Å². The van der Waals surface area contributed by atoms with Gasteiger partial charge in [-0.3, -0.25) is 14.5 Å². The second-order valence-electron chi connectivity index (χ2n) is 8.69. The van der Waals surface area contributed by atoms with Gasteiger partial charge in [-0.05, 0) is 43.7 Å². The third-order valence-corrected chi connectivity index (χ3v) is 7.10. The number of carbonyl (C=O) groups excluding carboxylic acids is 2. The Balaban J connectivity index is 1.35. The minimum absolute atomic E-state index is 0.0546. The lowest BCUT2D eigenvalue weighted by atomic mass is 9.87. The third kappa shape index (κ3) is 3.25. The van der Waals surface area contributed by atoms with Gasteiger partial charge in [0.25, 0.3) is 5.91 Å². The Kier molecular flexibility index (Phi) is 4.84. The Labute approximate surface area is 171 Å². The highest BCUT2D eigenvalue weighted by atomic mass is 16.7. The van der Waals surface area contributed by atoms with Crippen molar-refractivity contribution in [3.63, 3.8) is 0 Å². The number of hydrogen-bond acceptors (Lipinski definition) is 5. The largest absolute Gasteiger partial charge is 0.366 e. The van der Waals surface area contributed by atoms with Crippen LogP contribution in [0.1, 0.15) is 71.2 Å². The Morgan fingerprint density at radius 1 is 1.10 bits per heavy atom. The maximum atomic E-state index is 13.3. The summed E-state index contributed by atoms with van der Waals surface area (Å²) >= 11 is 0. The number of nitrogens with two attached hydrogens (primary N) is 1. The van der Waals surface area contributed by atoms with E-state index >= 15 is 0 Å². The van der Waals surface area contributed by atoms with Gasteiger partial charge in [0.05, 0.1) is 30.5 Å². The van der Waals surface area contributed by atoms with E-state index in [2.05, 4.69) is 4.90 Å². The fraction of sp³-hybridized carbons (Fsp3) is 0.636. The van der Waals surface area contributed by atoms with Gasteiger partial charge in [0.2, 0.25) is 5.91 Å². The van der Waals surface area contributed by atoms with E-state index in [9.17, 15) is 9.59 Å². The lowest BCUT2D eigenvalue weighted by Crippen LogP contribution is -2.56. The number of primary amides is 1. The standard InChI is InChI=1S/C22H29N3O4/c23-20(26)17-5-3-4-15-14-25(21(27)19(15)17)18-6-1-2-11-24(18)16-7-9-22(10-8-16)28-12-13-29-22/h3-5,16,18H,1-2,6-14H2,(H2,23,26). The van der Waals surface area contributed by atoms with Crippen LogP contribution in [0, 0.1) is 0 Å². The van der Waals surface area contributed by atoms with Gasteiger partial charge in [-0.25, -0.2) is 0 Å². The van der Waals surface area contributed by atoms with Crippen molar-refractivity contribution < 1.29 is 19.1 Å². The van der Waals surface area contributed by atoms with Crippen molar-refractivity contribution in [2.45, 2.75) is 69.5 Å². The zero-order chi connectivity index (χ0) is 20.0. The average molecular weight is 399 g/mol. The summed E-state index contributed by atoms with van der Waals surface area (Å²) in [4.78, 5) is 29.6. The number of likely N-dealkylation sites (tertiary alicyclic amines) is 1. The molecular formula is C22H29N3O4. The molecule has 5 rings (SSSR count). The topological polar surface area (TPSA) is 85.1 Å². The molecule has 0 aromatic heterocycles. The van der Waals surface area contributed by atoms with Crippen LogP contribution in [0.3, 0.4) is 0 Å². The molecule has 7 nitrogen and oxygen atoms in total. The van der Waals surface area contributed by atoms with Gasteiger partial charge >= 0.3 is 0 Å². The molecule has 1 aromatic rings. The maximum Gasteiger partial charge on any atom is 0.256 e. The van der Waals surface area contributed by atoms with Crippen LogP contribution >= 0.6 is 0 Å². The van der Waals surface area contributed by atoms with E-state index in [0.29, 0.717) is 36.9 Å². The summed E-state index contributed by atoms with van der Waals surface area (Å²) in [5.74, 6) is -0.953. The van der Waals surface area contributed by atoms with E-state index in [1.807, 2.05) is 17.0 Å². The summed E-state index contributed by atoms with van der Waals surface area (Å²) in [7, 11) is 0. The summed E-state index contributed by atoms with van der Waals surface area (Å²) in [5, 5.41) is 0. The molecular weight excluding hydrogens is 370 g/mol. The smallest absolute Gasteiger partial charge is 0.256 e. The predicted octanol–water partition coefficient (Wildman–Crippen LogP) is 2.24. The van der Waals surface area contributed by atoms with Gasteiger partial charge < -0.3 is 20.1 Å². The Hall–Kier alpha value is -1.96. The van der Waals surface area contributed by atoms with Crippen LogP contribution < -0.4 is 5.73 Å². The van der Waals surface area contributed by atoms with Crippen LogP contribution in [0.25, 0.3) is 0 Å². The maximum absolute atomic E-state index is 13.3. The minimum atomic E-state index is -0.535. The van der Waals surface area contributed by atoms with Crippen LogP contribution in [-0.4, -0.2) is 59.4 Å². The Morgan fingerprint density at radius 2 is 1.86 bits per heavy atom. The van der Waals surface area contributed by atoms with Gasteiger partial charge in [-0.2, -0.15) is 0 Å². The molecule has 3 aliphatic heterocycles.